The van der Waals surface area contributed by atoms with E-state index in [9.17, 15) is 9.00 Å². The number of carbonyl (C=O) groups excluding carboxylic acids is 1. The average Bonchev–Trinajstić information content (AvgIpc) is 3.37. The monoisotopic (exact) mass is 598 g/mol. The fourth-order valence-corrected chi connectivity index (χ4v) is 6.71. The first-order valence-corrected chi connectivity index (χ1v) is 16.7. The van der Waals surface area contributed by atoms with Gasteiger partial charge in [-0.05, 0) is 28.7 Å². The predicted molar refractivity (Wildman–Crippen MR) is 165 cm³/mol. The first kappa shape index (κ1) is 29.5. The zero-order chi connectivity index (χ0) is 29.2. The summed E-state index contributed by atoms with van der Waals surface area (Å²) in [6, 6.07) is 13.9. The largest absolute Gasteiger partial charge is 0.482 e. The Morgan fingerprint density at radius 3 is 2.51 bits per heavy atom. The summed E-state index contributed by atoms with van der Waals surface area (Å²) in [6.45, 7) is 9.87. The Bertz CT molecular complexity index is 1400. The molecule has 1 amide bonds. The van der Waals surface area contributed by atoms with Crippen molar-refractivity contribution in [2.45, 2.75) is 57.6 Å². The molecule has 1 aromatic heterocycles. The molecule has 1 fully saturated rings. The third-order valence-electron chi connectivity index (χ3n) is 7.97. The summed E-state index contributed by atoms with van der Waals surface area (Å²) in [5.74, 6) is 0.240. The molecule has 10 heteroatoms. The summed E-state index contributed by atoms with van der Waals surface area (Å²) in [6.07, 6.45) is 5.48. The summed E-state index contributed by atoms with van der Waals surface area (Å²) in [7, 11) is -0.950. The number of hydrogen-bond donors (Lipinski definition) is 1. The van der Waals surface area contributed by atoms with Gasteiger partial charge in [-0.15, -0.1) is 0 Å². The number of aromatic nitrogens is 1. The van der Waals surface area contributed by atoms with Crippen LogP contribution in [0.1, 0.15) is 60.8 Å². The number of nitrogens with zero attached hydrogens (tertiary/aromatic N) is 3. The summed E-state index contributed by atoms with van der Waals surface area (Å²) in [5.41, 5.74) is 2.90. The highest BCUT2D eigenvalue weighted by Crippen LogP contribution is 2.43. The molecule has 3 aromatic rings. The van der Waals surface area contributed by atoms with Gasteiger partial charge in [0.25, 0.3) is 5.91 Å². The summed E-state index contributed by atoms with van der Waals surface area (Å²) >= 11 is 1.36. The average molecular weight is 599 g/mol. The lowest BCUT2D eigenvalue weighted by atomic mass is 9.86. The zero-order valence-corrected chi connectivity index (χ0v) is 25.9. The van der Waals surface area contributed by atoms with Crippen molar-refractivity contribution in [3.05, 3.63) is 70.5 Å². The van der Waals surface area contributed by atoms with Gasteiger partial charge in [0.2, 0.25) is 0 Å². The van der Waals surface area contributed by atoms with Gasteiger partial charge < -0.3 is 19.9 Å². The van der Waals surface area contributed by atoms with E-state index in [2.05, 4.69) is 65.1 Å². The Hall–Kier alpha value is -2.98. The predicted octanol–water partition coefficient (Wildman–Crippen LogP) is 5.52. The molecule has 1 saturated heterocycles. The SMILES string of the molecule is CS(=O)CCNC(=O)c1cnc(N2CCC3(CC2)CCN(Cc2ccc(C(C)(C)C)cc2)c2cccc(F)c2O3)s1. The van der Waals surface area contributed by atoms with Gasteiger partial charge in [-0.2, -0.15) is 0 Å². The quantitative estimate of drug-likeness (QED) is 0.386. The second-order valence-corrected chi connectivity index (χ2v) is 14.6. The second-order valence-electron chi connectivity index (χ2n) is 12.0. The van der Waals surface area contributed by atoms with Crippen LogP contribution in [-0.2, 0) is 22.8 Å². The normalized spacial score (nSPS) is 17.5. The molecule has 220 valence electrons. The Morgan fingerprint density at radius 2 is 1.83 bits per heavy atom. The van der Waals surface area contributed by atoms with Gasteiger partial charge in [0.15, 0.2) is 16.7 Å². The van der Waals surface area contributed by atoms with Gasteiger partial charge in [-0.3, -0.25) is 9.00 Å². The number of benzene rings is 2. The molecular formula is C31H39FN4O3S2. The maximum absolute atomic E-state index is 15.2. The molecule has 1 N–H and O–H groups in total. The standard InChI is InChI=1S/C31H39FN4O3S2/c1-30(2,3)23-10-8-22(9-11-23)21-36-18-14-31(39-27-24(32)6-5-7-25(27)36)12-16-35(17-13-31)29-34-20-26(40-29)28(37)33-15-19-41(4)38/h5-11,20H,12-19,21H2,1-4H3,(H,33,37). The maximum atomic E-state index is 15.2. The maximum Gasteiger partial charge on any atom is 0.263 e. The zero-order valence-electron chi connectivity index (χ0n) is 24.2. The van der Waals surface area contributed by atoms with Crippen molar-refractivity contribution in [3.8, 4) is 5.75 Å². The van der Waals surface area contributed by atoms with E-state index in [1.165, 1.54) is 28.5 Å². The number of hydrogen-bond acceptors (Lipinski definition) is 7. The topological polar surface area (TPSA) is 74.8 Å². The van der Waals surface area contributed by atoms with Crippen LogP contribution in [-0.4, -0.2) is 58.9 Å². The van der Waals surface area contributed by atoms with Crippen LogP contribution >= 0.6 is 11.3 Å². The molecule has 1 atom stereocenters. The van der Waals surface area contributed by atoms with Crippen LogP contribution in [0.5, 0.6) is 5.75 Å². The van der Waals surface area contributed by atoms with Crippen molar-refractivity contribution < 1.29 is 18.1 Å². The molecule has 1 spiro atoms. The smallest absolute Gasteiger partial charge is 0.263 e. The lowest BCUT2D eigenvalue weighted by Gasteiger charge is -2.41. The van der Waals surface area contributed by atoms with Crippen LogP contribution in [0.2, 0.25) is 0 Å². The van der Waals surface area contributed by atoms with Crippen molar-refractivity contribution in [3.63, 3.8) is 0 Å². The van der Waals surface area contributed by atoms with Crippen LogP contribution in [0, 0.1) is 5.82 Å². The highest BCUT2D eigenvalue weighted by atomic mass is 32.2. The highest BCUT2D eigenvalue weighted by molar-refractivity contribution is 7.84. The number of nitrogens with one attached hydrogen (secondary N) is 1. The molecule has 0 aliphatic carbocycles. The van der Waals surface area contributed by atoms with Crippen molar-refractivity contribution in [2.24, 2.45) is 0 Å². The van der Waals surface area contributed by atoms with Gasteiger partial charge in [0.1, 0.15) is 10.5 Å². The van der Waals surface area contributed by atoms with Crippen molar-refractivity contribution in [1.29, 1.82) is 0 Å². The van der Waals surface area contributed by atoms with E-state index in [4.69, 9.17) is 4.74 Å². The molecule has 0 saturated carbocycles. The molecule has 7 nitrogen and oxygen atoms in total. The lowest BCUT2D eigenvalue weighted by molar-refractivity contribution is 0.0375. The van der Waals surface area contributed by atoms with Gasteiger partial charge in [-0.25, -0.2) is 9.37 Å². The lowest BCUT2D eigenvalue weighted by Crippen LogP contribution is -2.48. The minimum absolute atomic E-state index is 0.0931. The number of piperidine rings is 1. The van der Waals surface area contributed by atoms with E-state index in [1.807, 2.05) is 6.07 Å². The highest BCUT2D eigenvalue weighted by Gasteiger charge is 2.41. The summed E-state index contributed by atoms with van der Waals surface area (Å²) in [4.78, 5) is 21.9. The van der Waals surface area contributed by atoms with Crippen molar-refractivity contribution in [1.82, 2.24) is 10.3 Å². The molecule has 0 radical (unpaired) electrons. The van der Waals surface area contributed by atoms with E-state index < -0.39 is 16.4 Å². The van der Waals surface area contributed by atoms with Crippen LogP contribution in [0.3, 0.4) is 0 Å². The van der Waals surface area contributed by atoms with Crippen molar-refractivity contribution in [2.75, 3.05) is 48.0 Å². The minimum atomic E-state index is -0.950. The molecule has 0 bridgehead atoms. The Morgan fingerprint density at radius 1 is 1.12 bits per heavy atom. The fraction of sp³-hybridized carbons (Fsp3) is 0.484. The molecule has 5 rings (SSSR count). The van der Waals surface area contributed by atoms with Crippen LogP contribution in [0.15, 0.2) is 48.7 Å². The molecule has 2 aliphatic heterocycles. The Kier molecular flexibility index (Phi) is 8.70. The van der Waals surface area contributed by atoms with E-state index in [1.54, 1.807) is 18.5 Å². The summed E-state index contributed by atoms with van der Waals surface area (Å²) < 4.78 is 33.1. The first-order valence-electron chi connectivity index (χ1n) is 14.1. The third kappa shape index (κ3) is 6.92. The van der Waals surface area contributed by atoms with E-state index in [0.717, 1.165) is 36.6 Å². The third-order valence-corrected chi connectivity index (χ3v) is 9.81. The van der Waals surface area contributed by atoms with E-state index in [-0.39, 0.29) is 17.1 Å². The van der Waals surface area contributed by atoms with Crippen LogP contribution in [0.25, 0.3) is 0 Å². The molecule has 2 aromatic carbocycles. The first-order chi connectivity index (χ1) is 19.5. The molecule has 41 heavy (non-hydrogen) atoms. The number of thiazole rings is 1. The molecule has 1 unspecified atom stereocenters. The van der Waals surface area contributed by atoms with Gasteiger partial charge in [0, 0.05) is 74.8 Å². The number of halogens is 1. The van der Waals surface area contributed by atoms with Gasteiger partial charge in [0.05, 0.1) is 11.9 Å². The Labute approximate surface area is 248 Å². The molecule has 2 aliphatic rings. The number of para-hydroxylation sites is 1. The number of amides is 1. The van der Waals surface area contributed by atoms with Gasteiger partial charge in [-0.1, -0.05) is 62.4 Å². The fourth-order valence-electron chi connectivity index (χ4n) is 5.44. The van der Waals surface area contributed by atoms with E-state index >= 15 is 4.39 Å². The number of fused-ring (bicyclic) bond motifs is 1. The minimum Gasteiger partial charge on any atom is -0.482 e. The molecular weight excluding hydrogens is 559 g/mol. The van der Waals surface area contributed by atoms with Crippen LogP contribution < -0.4 is 19.9 Å². The number of ether oxygens (including phenoxy) is 1. The Balaban J connectivity index is 1.26. The molecule has 3 heterocycles. The van der Waals surface area contributed by atoms with Crippen LogP contribution in [0.4, 0.5) is 15.2 Å². The second kappa shape index (κ2) is 12.1. The number of rotatable bonds is 7. The summed E-state index contributed by atoms with van der Waals surface area (Å²) in [5, 5.41) is 3.60. The van der Waals surface area contributed by atoms with Gasteiger partial charge >= 0.3 is 0 Å². The van der Waals surface area contributed by atoms with Crippen molar-refractivity contribution >= 4 is 38.9 Å². The van der Waals surface area contributed by atoms with E-state index in [0.29, 0.717) is 42.6 Å². The number of carbonyl (C=O) groups is 1. The number of anilines is 2.